The van der Waals surface area contributed by atoms with E-state index in [1.807, 2.05) is 12.1 Å². The van der Waals surface area contributed by atoms with E-state index in [-0.39, 0.29) is 0 Å². The van der Waals surface area contributed by atoms with Gasteiger partial charge in [0.2, 0.25) is 0 Å². The molecule has 0 radical (unpaired) electrons. The molecule has 1 aromatic carbocycles. The lowest BCUT2D eigenvalue weighted by molar-refractivity contribution is 0.159. The van der Waals surface area contributed by atoms with E-state index < -0.39 is 0 Å². The summed E-state index contributed by atoms with van der Waals surface area (Å²) in [7, 11) is 3.43. The van der Waals surface area contributed by atoms with Crippen LogP contribution >= 0.6 is 0 Å². The molecule has 0 fully saturated rings. The number of methoxy groups -OCH3 is 2. The van der Waals surface area contributed by atoms with Crippen LogP contribution < -0.4 is 10.1 Å². The van der Waals surface area contributed by atoms with E-state index in [0.717, 1.165) is 18.8 Å². The van der Waals surface area contributed by atoms with Crippen LogP contribution in [-0.2, 0) is 4.74 Å². The molecule has 0 aliphatic heterocycles. The first-order valence-corrected chi connectivity index (χ1v) is 6.10. The van der Waals surface area contributed by atoms with Crippen molar-refractivity contribution in [2.24, 2.45) is 0 Å². The molecule has 17 heavy (non-hydrogen) atoms. The number of hydrogen-bond donors (Lipinski definition) is 1. The topological polar surface area (TPSA) is 30.5 Å². The van der Waals surface area contributed by atoms with E-state index in [9.17, 15) is 0 Å². The molecule has 2 atom stereocenters. The Morgan fingerprint density at radius 3 is 2.65 bits per heavy atom. The smallest absolute Gasteiger partial charge is 0.119 e. The van der Waals surface area contributed by atoms with E-state index in [4.69, 9.17) is 9.47 Å². The number of ether oxygens (including phenoxy) is 2. The Balaban J connectivity index is 2.64. The molecule has 1 rings (SSSR count). The Hall–Kier alpha value is -1.06. The molecular formula is C14H23NO2. The maximum absolute atomic E-state index is 5.23. The van der Waals surface area contributed by atoms with E-state index >= 15 is 0 Å². The van der Waals surface area contributed by atoms with Gasteiger partial charge >= 0.3 is 0 Å². The van der Waals surface area contributed by atoms with Crippen LogP contribution in [0.25, 0.3) is 0 Å². The molecular weight excluding hydrogens is 214 g/mol. The molecule has 1 unspecified atom stereocenters. The summed E-state index contributed by atoms with van der Waals surface area (Å²) in [4.78, 5) is 0. The van der Waals surface area contributed by atoms with E-state index in [1.165, 1.54) is 5.56 Å². The molecule has 0 spiro atoms. The lowest BCUT2D eigenvalue weighted by atomic mass is 10.1. The summed E-state index contributed by atoms with van der Waals surface area (Å²) in [6.07, 6.45) is 1.06. The van der Waals surface area contributed by atoms with Crippen molar-refractivity contribution in [3.8, 4) is 5.75 Å². The quantitative estimate of drug-likeness (QED) is 0.791. The number of nitrogens with one attached hydrogen (secondary N) is 1. The molecule has 0 bridgehead atoms. The molecule has 0 saturated carbocycles. The van der Waals surface area contributed by atoms with Crippen LogP contribution in [0.5, 0.6) is 5.75 Å². The Bertz CT molecular complexity index is 328. The van der Waals surface area contributed by atoms with Gasteiger partial charge in [-0.2, -0.15) is 0 Å². The first-order chi connectivity index (χ1) is 8.21. The summed E-state index contributed by atoms with van der Waals surface area (Å²) in [6, 6.07) is 8.84. The van der Waals surface area contributed by atoms with E-state index in [1.54, 1.807) is 14.2 Å². The van der Waals surface area contributed by atoms with Crippen molar-refractivity contribution >= 4 is 0 Å². The molecule has 1 aromatic rings. The summed E-state index contributed by atoms with van der Waals surface area (Å²) < 4.78 is 10.4. The van der Waals surface area contributed by atoms with Gasteiger partial charge < -0.3 is 14.8 Å². The van der Waals surface area contributed by atoms with Crippen LogP contribution in [0.2, 0.25) is 0 Å². The minimum Gasteiger partial charge on any atom is -0.497 e. The Kier molecular flexibility index (Phi) is 6.01. The fourth-order valence-corrected chi connectivity index (χ4v) is 1.85. The third-order valence-electron chi connectivity index (χ3n) is 2.94. The maximum Gasteiger partial charge on any atom is 0.119 e. The highest BCUT2D eigenvalue weighted by atomic mass is 16.5. The standard InChI is InChI=1S/C14H23NO2/c1-5-13(10-16-3)15-11(2)12-7-6-8-14(9-12)17-4/h6-9,11,13,15H,5,10H2,1-4H3/t11-,13?/m1/s1. The normalized spacial score (nSPS) is 14.4. The Morgan fingerprint density at radius 2 is 2.06 bits per heavy atom. The second kappa shape index (κ2) is 7.30. The fourth-order valence-electron chi connectivity index (χ4n) is 1.85. The van der Waals surface area contributed by atoms with Crippen molar-refractivity contribution < 1.29 is 9.47 Å². The average molecular weight is 237 g/mol. The van der Waals surface area contributed by atoms with Gasteiger partial charge in [-0.05, 0) is 31.0 Å². The molecule has 1 N–H and O–H groups in total. The fraction of sp³-hybridized carbons (Fsp3) is 0.571. The zero-order valence-corrected chi connectivity index (χ0v) is 11.2. The molecule has 0 aliphatic rings. The lowest BCUT2D eigenvalue weighted by Gasteiger charge is -2.22. The van der Waals surface area contributed by atoms with Crippen LogP contribution in [0.1, 0.15) is 31.9 Å². The predicted octanol–water partition coefficient (Wildman–Crippen LogP) is 2.77. The zero-order valence-electron chi connectivity index (χ0n) is 11.2. The van der Waals surface area contributed by atoms with E-state index in [2.05, 4.69) is 31.3 Å². The lowest BCUT2D eigenvalue weighted by Crippen LogP contribution is -2.34. The molecule has 0 aromatic heterocycles. The number of benzene rings is 1. The van der Waals surface area contributed by atoms with Crippen LogP contribution in [0, 0.1) is 0 Å². The minimum atomic E-state index is 0.296. The SMILES string of the molecule is CCC(COC)N[C@H](C)c1cccc(OC)c1. The minimum absolute atomic E-state index is 0.296. The third-order valence-corrected chi connectivity index (χ3v) is 2.94. The second-order valence-electron chi connectivity index (χ2n) is 4.23. The summed E-state index contributed by atoms with van der Waals surface area (Å²) in [5.41, 5.74) is 1.24. The molecule has 0 aliphatic carbocycles. The molecule has 3 heteroatoms. The van der Waals surface area contributed by atoms with Crippen molar-refractivity contribution in [1.82, 2.24) is 5.32 Å². The van der Waals surface area contributed by atoms with Gasteiger partial charge in [0.05, 0.1) is 13.7 Å². The van der Waals surface area contributed by atoms with Gasteiger partial charge in [0.1, 0.15) is 5.75 Å². The van der Waals surface area contributed by atoms with Crippen LogP contribution in [-0.4, -0.2) is 26.9 Å². The number of rotatable bonds is 7. The van der Waals surface area contributed by atoms with Gasteiger partial charge in [-0.15, -0.1) is 0 Å². The van der Waals surface area contributed by atoms with Gasteiger partial charge in [0.25, 0.3) is 0 Å². The highest BCUT2D eigenvalue weighted by Crippen LogP contribution is 2.19. The van der Waals surface area contributed by atoms with Gasteiger partial charge in [-0.1, -0.05) is 19.1 Å². The van der Waals surface area contributed by atoms with Crippen LogP contribution in [0.3, 0.4) is 0 Å². The molecule has 0 saturated heterocycles. The van der Waals surface area contributed by atoms with Crippen LogP contribution in [0.4, 0.5) is 0 Å². The Labute approximate surface area is 104 Å². The first-order valence-electron chi connectivity index (χ1n) is 6.10. The summed E-state index contributed by atoms with van der Waals surface area (Å²) in [6.45, 7) is 5.06. The highest BCUT2D eigenvalue weighted by molar-refractivity contribution is 5.30. The van der Waals surface area contributed by atoms with Gasteiger partial charge in [0, 0.05) is 19.2 Å². The van der Waals surface area contributed by atoms with Crippen LogP contribution in [0.15, 0.2) is 24.3 Å². The molecule has 0 amide bonds. The largest absolute Gasteiger partial charge is 0.497 e. The molecule has 3 nitrogen and oxygen atoms in total. The van der Waals surface area contributed by atoms with Crippen molar-refractivity contribution in [2.45, 2.75) is 32.4 Å². The zero-order chi connectivity index (χ0) is 12.7. The van der Waals surface area contributed by atoms with E-state index in [0.29, 0.717) is 12.1 Å². The highest BCUT2D eigenvalue weighted by Gasteiger charge is 2.11. The third kappa shape index (κ3) is 4.36. The van der Waals surface area contributed by atoms with Gasteiger partial charge in [0.15, 0.2) is 0 Å². The van der Waals surface area contributed by atoms with Crippen molar-refractivity contribution in [1.29, 1.82) is 0 Å². The molecule has 0 heterocycles. The maximum atomic E-state index is 5.23. The average Bonchev–Trinajstić information content (AvgIpc) is 2.38. The predicted molar refractivity (Wildman–Crippen MR) is 70.5 cm³/mol. The van der Waals surface area contributed by atoms with Crippen molar-refractivity contribution in [3.05, 3.63) is 29.8 Å². The Morgan fingerprint density at radius 1 is 1.29 bits per heavy atom. The van der Waals surface area contributed by atoms with Gasteiger partial charge in [-0.3, -0.25) is 0 Å². The first kappa shape index (κ1) is 14.0. The number of hydrogen-bond acceptors (Lipinski definition) is 3. The van der Waals surface area contributed by atoms with Crippen molar-refractivity contribution in [3.63, 3.8) is 0 Å². The molecule has 96 valence electrons. The monoisotopic (exact) mass is 237 g/mol. The summed E-state index contributed by atoms with van der Waals surface area (Å²) in [5.74, 6) is 0.899. The van der Waals surface area contributed by atoms with Gasteiger partial charge in [-0.25, -0.2) is 0 Å². The summed E-state index contributed by atoms with van der Waals surface area (Å²) in [5, 5.41) is 3.55. The summed E-state index contributed by atoms with van der Waals surface area (Å²) >= 11 is 0. The second-order valence-corrected chi connectivity index (χ2v) is 4.23. The van der Waals surface area contributed by atoms with Crippen molar-refractivity contribution in [2.75, 3.05) is 20.8 Å².